The molecule has 2 aromatic rings. The van der Waals surface area contributed by atoms with Gasteiger partial charge in [0.1, 0.15) is 5.75 Å². The molecule has 2 aromatic carbocycles. The smallest absolute Gasteiger partial charge is 0.262 e. The van der Waals surface area contributed by atoms with Crippen LogP contribution in [0.4, 0.5) is 5.69 Å². The van der Waals surface area contributed by atoms with E-state index in [0.29, 0.717) is 5.92 Å². The molecule has 0 saturated heterocycles. The predicted octanol–water partition coefficient (Wildman–Crippen LogP) is 4.75. The van der Waals surface area contributed by atoms with Gasteiger partial charge in [0.15, 0.2) is 6.61 Å². The van der Waals surface area contributed by atoms with Gasteiger partial charge in [0.05, 0.1) is 0 Å². The molecule has 0 aliphatic heterocycles. The summed E-state index contributed by atoms with van der Waals surface area (Å²) in [7, 11) is 0. The zero-order valence-corrected chi connectivity index (χ0v) is 14.6. The van der Waals surface area contributed by atoms with Gasteiger partial charge in [-0.15, -0.1) is 0 Å². The Balaban J connectivity index is 2.00. The summed E-state index contributed by atoms with van der Waals surface area (Å²) in [5.74, 6) is 1.06. The minimum Gasteiger partial charge on any atom is -0.483 e. The largest absolute Gasteiger partial charge is 0.483 e. The summed E-state index contributed by atoms with van der Waals surface area (Å²) < 4.78 is 5.71. The summed E-state index contributed by atoms with van der Waals surface area (Å²) in [5.41, 5.74) is 5.31. The average molecular weight is 311 g/mol. The van der Waals surface area contributed by atoms with E-state index in [4.69, 9.17) is 4.74 Å². The fraction of sp³-hybridized carbons (Fsp3) is 0.350. The molecule has 0 heterocycles. The van der Waals surface area contributed by atoms with Crippen LogP contribution < -0.4 is 10.1 Å². The molecular formula is C20H25NO2. The third-order valence-electron chi connectivity index (χ3n) is 3.89. The van der Waals surface area contributed by atoms with Gasteiger partial charge in [-0.3, -0.25) is 4.79 Å². The van der Waals surface area contributed by atoms with Gasteiger partial charge in [0.25, 0.3) is 5.91 Å². The van der Waals surface area contributed by atoms with Gasteiger partial charge in [-0.25, -0.2) is 0 Å². The second kappa shape index (κ2) is 7.32. The molecule has 1 amide bonds. The summed E-state index contributed by atoms with van der Waals surface area (Å²) in [5, 5.41) is 2.90. The molecule has 0 aliphatic rings. The van der Waals surface area contributed by atoms with Crippen molar-refractivity contribution in [1.29, 1.82) is 0 Å². The monoisotopic (exact) mass is 311 g/mol. The number of hydrogen-bond donors (Lipinski definition) is 1. The van der Waals surface area contributed by atoms with Gasteiger partial charge >= 0.3 is 0 Å². The summed E-state index contributed by atoms with van der Waals surface area (Å²) >= 11 is 0. The lowest BCUT2D eigenvalue weighted by Gasteiger charge is -2.13. The van der Waals surface area contributed by atoms with Crippen LogP contribution in [-0.2, 0) is 4.79 Å². The molecule has 0 spiro atoms. The summed E-state index contributed by atoms with van der Waals surface area (Å²) in [4.78, 5) is 12.1. The van der Waals surface area contributed by atoms with Crippen molar-refractivity contribution in [3.8, 4) is 5.75 Å². The van der Waals surface area contributed by atoms with Crippen molar-refractivity contribution in [2.24, 2.45) is 0 Å². The lowest BCUT2D eigenvalue weighted by atomic mass is 10.0. The number of anilines is 1. The first-order chi connectivity index (χ1) is 10.9. The number of benzene rings is 2. The SMILES string of the molecule is Cc1ccc(NC(=O)COc2cc(C(C)C)ccc2C)c(C)c1. The Morgan fingerprint density at radius 3 is 2.43 bits per heavy atom. The first-order valence-electron chi connectivity index (χ1n) is 7.97. The van der Waals surface area contributed by atoms with Crippen molar-refractivity contribution in [2.75, 3.05) is 11.9 Å². The molecule has 0 saturated carbocycles. The number of aryl methyl sites for hydroxylation is 3. The van der Waals surface area contributed by atoms with Crippen LogP contribution in [0.3, 0.4) is 0 Å². The van der Waals surface area contributed by atoms with E-state index in [1.807, 2.05) is 51.1 Å². The average Bonchev–Trinajstić information content (AvgIpc) is 2.49. The van der Waals surface area contributed by atoms with Crippen LogP contribution in [0.2, 0.25) is 0 Å². The van der Waals surface area contributed by atoms with Gasteiger partial charge in [0.2, 0.25) is 0 Å². The Hall–Kier alpha value is -2.29. The van der Waals surface area contributed by atoms with Gasteiger partial charge < -0.3 is 10.1 Å². The van der Waals surface area contributed by atoms with E-state index in [0.717, 1.165) is 22.6 Å². The number of hydrogen-bond acceptors (Lipinski definition) is 2. The van der Waals surface area contributed by atoms with Crippen molar-refractivity contribution in [1.82, 2.24) is 0 Å². The molecule has 23 heavy (non-hydrogen) atoms. The second-order valence-electron chi connectivity index (χ2n) is 6.33. The fourth-order valence-electron chi connectivity index (χ4n) is 2.41. The van der Waals surface area contributed by atoms with Gasteiger partial charge in [-0.05, 0) is 55.5 Å². The highest BCUT2D eigenvalue weighted by molar-refractivity contribution is 5.92. The molecule has 0 atom stereocenters. The van der Waals surface area contributed by atoms with Crippen LogP contribution in [-0.4, -0.2) is 12.5 Å². The highest BCUT2D eigenvalue weighted by Crippen LogP contribution is 2.24. The van der Waals surface area contributed by atoms with Crippen LogP contribution in [0.25, 0.3) is 0 Å². The highest BCUT2D eigenvalue weighted by atomic mass is 16.5. The Morgan fingerprint density at radius 1 is 1.04 bits per heavy atom. The summed E-state index contributed by atoms with van der Waals surface area (Å²) in [6, 6.07) is 12.1. The normalized spacial score (nSPS) is 10.7. The van der Waals surface area contributed by atoms with E-state index in [-0.39, 0.29) is 12.5 Å². The van der Waals surface area contributed by atoms with Crippen LogP contribution in [0.15, 0.2) is 36.4 Å². The minimum atomic E-state index is -0.147. The van der Waals surface area contributed by atoms with Gasteiger partial charge in [-0.1, -0.05) is 43.7 Å². The molecule has 2 rings (SSSR count). The first-order valence-corrected chi connectivity index (χ1v) is 7.97. The maximum Gasteiger partial charge on any atom is 0.262 e. The molecule has 0 aromatic heterocycles. The standard InChI is InChI=1S/C20H25NO2/c1-13(2)17-8-7-15(4)19(11-17)23-12-20(22)21-18-9-6-14(3)10-16(18)5/h6-11,13H,12H2,1-5H3,(H,21,22). The fourth-order valence-corrected chi connectivity index (χ4v) is 2.41. The molecule has 0 aliphatic carbocycles. The molecule has 0 fully saturated rings. The van der Waals surface area contributed by atoms with E-state index in [1.54, 1.807) is 0 Å². The highest BCUT2D eigenvalue weighted by Gasteiger charge is 2.09. The van der Waals surface area contributed by atoms with Crippen molar-refractivity contribution in [3.63, 3.8) is 0 Å². The van der Waals surface area contributed by atoms with Gasteiger partial charge in [0, 0.05) is 5.69 Å². The molecule has 1 N–H and O–H groups in total. The van der Waals surface area contributed by atoms with Crippen LogP contribution in [0, 0.1) is 20.8 Å². The summed E-state index contributed by atoms with van der Waals surface area (Å²) in [6.45, 7) is 10.3. The molecule has 122 valence electrons. The maximum atomic E-state index is 12.1. The quantitative estimate of drug-likeness (QED) is 0.865. The lowest BCUT2D eigenvalue weighted by Crippen LogP contribution is -2.21. The molecule has 0 bridgehead atoms. The van der Waals surface area contributed by atoms with Crippen molar-refractivity contribution >= 4 is 11.6 Å². The Morgan fingerprint density at radius 2 is 1.78 bits per heavy atom. The number of nitrogens with one attached hydrogen (secondary N) is 1. The first kappa shape index (κ1) is 17.1. The van der Waals surface area contributed by atoms with Crippen molar-refractivity contribution in [2.45, 2.75) is 40.5 Å². The molecule has 0 radical (unpaired) electrons. The number of ether oxygens (including phenoxy) is 1. The number of rotatable bonds is 5. The minimum absolute atomic E-state index is 0.00963. The van der Waals surface area contributed by atoms with Crippen molar-refractivity contribution in [3.05, 3.63) is 58.7 Å². The van der Waals surface area contributed by atoms with E-state index in [9.17, 15) is 4.79 Å². The lowest BCUT2D eigenvalue weighted by molar-refractivity contribution is -0.118. The third-order valence-corrected chi connectivity index (χ3v) is 3.89. The van der Waals surface area contributed by atoms with Gasteiger partial charge in [-0.2, -0.15) is 0 Å². The Bertz CT molecular complexity index is 705. The Labute approximate surface area is 138 Å². The van der Waals surface area contributed by atoms with Crippen LogP contribution >= 0.6 is 0 Å². The number of amides is 1. The van der Waals surface area contributed by atoms with E-state index in [2.05, 4.69) is 25.2 Å². The summed E-state index contributed by atoms with van der Waals surface area (Å²) in [6.07, 6.45) is 0. The zero-order chi connectivity index (χ0) is 17.0. The van der Waals surface area contributed by atoms with Crippen LogP contribution in [0.1, 0.15) is 42.0 Å². The molecular weight excluding hydrogens is 286 g/mol. The Kier molecular flexibility index (Phi) is 5.43. The molecule has 3 heteroatoms. The predicted molar refractivity (Wildman–Crippen MR) is 95.3 cm³/mol. The molecule has 3 nitrogen and oxygen atoms in total. The zero-order valence-electron chi connectivity index (χ0n) is 14.6. The number of carbonyl (C=O) groups excluding carboxylic acids is 1. The van der Waals surface area contributed by atoms with Crippen LogP contribution in [0.5, 0.6) is 5.75 Å². The maximum absolute atomic E-state index is 12.1. The van der Waals surface area contributed by atoms with E-state index < -0.39 is 0 Å². The van der Waals surface area contributed by atoms with E-state index >= 15 is 0 Å². The third kappa shape index (κ3) is 4.59. The number of carbonyl (C=O) groups is 1. The van der Waals surface area contributed by atoms with E-state index in [1.165, 1.54) is 11.1 Å². The topological polar surface area (TPSA) is 38.3 Å². The van der Waals surface area contributed by atoms with Crippen molar-refractivity contribution < 1.29 is 9.53 Å². The molecule has 0 unspecified atom stereocenters. The second-order valence-corrected chi connectivity index (χ2v) is 6.33.